The highest BCUT2D eigenvalue weighted by molar-refractivity contribution is 5.98. The van der Waals surface area contributed by atoms with Crippen LogP contribution < -0.4 is 4.74 Å². The molecule has 1 N–H and O–H groups in total. The number of pyridine rings is 1. The van der Waals surface area contributed by atoms with Crippen molar-refractivity contribution in [3.8, 4) is 5.75 Å². The number of carbonyl (C=O) groups is 2. The summed E-state index contributed by atoms with van der Waals surface area (Å²) in [5.74, 6) is -0.700. The van der Waals surface area contributed by atoms with Crippen LogP contribution in [-0.2, 0) is 4.79 Å². The molecule has 2 aliphatic heterocycles. The van der Waals surface area contributed by atoms with Gasteiger partial charge in [0.2, 0.25) is 0 Å². The molecule has 0 unspecified atom stereocenters. The Balaban J connectivity index is 1.52. The van der Waals surface area contributed by atoms with Gasteiger partial charge in [0.15, 0.2) is 0 Å². The van der Waals surface area contributed by atoms with Gasteiger partial charge in [0, 0.05) is 41.7 Å². The van der Waals surface area contributed by atoms with E-state index in [4.69, 9.17) is 4.74 Å². The minimum absolute atomic E-state index is 0.0626. The van der Waals surface area contributed by atoms with E-state index in [1.54, 1.807) is 23.2 Å². The van der Waals surface area contributed by atoms with E-state index in [1.807, 2.05) is 42.5 Å². The SMILES string of the molecule is O=C(c1ccc2cccnc2c1)N1C[C@@H]2c3ccccc3OC[C@]2(C(=O)O)C1. The number of hydrogen-bond donors (Lipinski definition) is 1. The van der Waals surface area contributed by atoms with Crippen LogP contribution in [0, 0.1) is 5.41 Å². The molecular formula is C22H18N2O4. The van der Waals surface area contributed by atoms with Gasteiger partial charge in [0.05, 0.1) is 5.52 Å². The van der Waals surface area contributed by atoms with Crippen molar-refractivity contribution in [3.05, 3.63) is 71.9 Å². The van der Waals surface area contributed by atoms with Crippen LogP contribution in [0.4, 0.5) is 0 Å². The van der Waals surface area contributed by atoms with E-state index in [1.165, 1.54) is 0 Å². The fraction of sp³-hybridized carbons (Fsp3) is 0.227. The highest BCUT2D eigenvalue weighted by Gasteiger charge is 2.57. The number of carboxylic acids is 1. The van der Waals surface area contributed by atoms with E-state index in [2.05, 4.69) is 4.98 Å². The third kappa shape index (κ3) is 2.37. The molecule has 1 aromatic heterocycles. The van der Waals surface area contributed by atoms with Crippen LogP contribution in [0.15, 0.2) is 60.8 Å². The van der Waals surface area contributed by atoms with Gasteiger partial charge in [-0.3, -0.25) is 14.6 Å². The Morgan fingerprint density at radius 2 is 2.00 bits per heavy atom. The van der Waals surface area contributed by atoms with Crippen molar-refractivity contribution in [1.82, 2.24) is 9.88 Å². The van der Waals surface area contributed by atoms with Crippen molar-refractivity contribution >= 4 is 22.8 Å². The number of rotatable bonds is 2. The molecule has 140 valence electrons. The van der Waals surface area contributed by atoms with Crippen molar-refractivity contribution in [2.45, 2.75) is 5.92 Å². The number of aromatic nitrogens is 1. The van der Waals surface area contributed by atoms with Gasteiger partial charge in [0.1, 0.15) is 17.8 Å². The summed E-state index contributed by atoms with van der Waals surface area (Å²) in [7, 11) is 0. The second-order valence-electron chi connectivity index (χ2n) is 7.44. The maximum atomic E-state index is 13.2. The van der Waals surface area contributed by atoms with E-state index in [-0.39, 0.29) is 25.0 Å². The average molecular weight is 374 g/mol. The number of carboxylic acid groups (broad SMARTS) is 1. The number of hydrogen-bond acceptors (Lipinski definition) is 4. The second kappa shape index (κ2) is 6.05. The monoisotopic (exact) mass is 374 g/mol. The first-order valence-electron chi connectivity index (χ1n) is 9.18. The molecule has 0 saturated carbocycles. The van der Waals surface area contributed by atoms with Crippen LogP contribution in [0.1, 0.15) is 21.8 Å². The van der Waals surface area contributed by atoms with Crippen LogP contribution in [0.5, 0.6) is 5.75 Å². The second-order valence-corrected chi connectivity index (χ2v) is 7.44. The Hall–Kier alpha value is -3.41. The summed E-state index contributed by atoms with van der Waals surface area (Å²) < 4.78 is 5.76. The van der Waals surface area contributed by atoms with E-state index in [0.717, 1.165) is 16.5 Å². The first-order chi connectivity index (χ1) is 13.6. The third-order valence-electron chi connectivity index (χ3n) is 5.89. The van der Waals surface area contributed by atoms with Crippen molar-refractivity contribution in [2.24, 2.45) is 5.41 Å². The Morgan fingerprint density at radius 3 is 2.86 bits per heavy atom. The molecule has 0 spiro atoms. The van der Waals surface area contributed by atoms with Crippen LogP contribution in [0.2, 0.25) is 0 Å². The number of likely N-dealkylation sites (tertiary alicyclic amines) is 1. The molecule has 28 heavy (non-hydrogen) atoms. The number of fused-ring (bicyclic) bond motifs is 4. The lowest BCUT2D eigenvalue weighted by atomic mass is 9.73. The molecule has 0 bridgehead atoms. The summed E-state index contributed by atoms with van der Waals surface area (Å²) in [6, 6.07) is 16.7. The highest BCUT2D eigenvalue weighted by atomic mass is 16.5. The standard InChI is InChI=1S/C22H18N2O4/c25-20(15-8-7-14-4-3-9-23-18(14)10-15)24-11-17-16-5-1-2-6-19(16)28-13-22(17,12-24)21(26)27/h1-10,17H,11-13H2,(H,26,27)/t17-,22-/m1/s1. The number of aliphatic carboxylic acids is 1. The molecule has 2 aromatic carbocycles. The quantitative estimate of drug-likeness (QED) is 0.746. The summed E-state index contributed by atoms with van der Waals surface area (Å²) in [5.41, 5.74) is 0.983. The first kappa shape index (κ1) is 16.7. The zero-order valence-corrected chi connectivity index (χ0v) is 15.0. The molecule has 2 aliphatic rings. The molecule has 5 rings (SSSR count). The van der Waals surface area contributed by atoms with Crippen molar-refractivity contribution < 1.29 is 19.4 Å². The molecular weight excluding hydrogens is 356 g/mol. The predicted octanol–water partition coefficient (Wildman–Crippen LogP) is 2.94. The maximum absolute atomic E-state index is 13.2. The average Bonchev–Trinajstić information content (AvgIpc) is 3.15. The van der Waals surface area contributed by atoms with Gasteiger partial charge in [-0.15, -0.1) is 0 Å². The largest absolute Gasteiger partial charge is 0.492 e. The maximum Gasteiger partial charge on any atom is 0.315 e. The lowest BCUT2D eigenvalue weighted by Gasteiger charge is -2.35. The van der Waals surface area contributed by atoms with Gasteiger partial charge in [-0.2, -0.15) is 0 Å². The summed E-state index contributed by atoms with van der Waals surface area (Å²) >= 11 is 0. The van der Waals surface area contributed by atoms with Crippen molar-refractivity contribution in [3.63, 3.8) is 0 Å². The van der Waals surface area contributed by atoms with Gasteiger partial charge < -0.3 is 14.7 Å². The van der Waals surface area contributed by atoms with Gasteiger partial charge in [-0.25, -0.2) is 0 Å². The lowest BCUT2D eigenvalue weighted by molar-refractivity contribution is -0.151. The zero-order valence-electron chi connectivity index (χ0n) is 15.0. The fourth-order valence-corrected chi connectivity index (χ4v) is 4.37. The minimum atomic E-state index is -1.13. The summed E-state index contributed by atoms with van der Waals surface area (Å²) in [4.78, 5) is 31.3. The molecule has 3 heterocycles. The topological polar surface area (TPSA) is 79.7 Å². The van der Waals surface area contributed by atoms with E-state index in [0.29, 0.717) is 17.9 Å². The predicted molar refractivity (Wildman–Crippen MR) is 102 cm³/mol. The molecule has 6 nitrogen and oxygen atoms in total. The van der Waals surface area contributed by atoms with Gasteiger partial charge in [-0.1, -0.05) is 30.3 Å². The van der Waals surface area contributed by atoms with E-state index in [9.17, 15) is 14.7 Å². The Labute approximate surface area is 161 Å². The molecule has 0 aliphatic carbocycles. The molecule has 6 heteroatoms. The third-order valence-corrected chi connectivity index (χ3v) is 5.89. The summed E-state index contributed by atoms with van der Waals surface area (Å²) in [5, 5.41) is 11.0. The van der Waals surface area contributed by atoms with Crippen molar-refractivity contribution in [2.75, 3.05) is 19.7 Å². The fourth-order valence-electron chi connectivity index (χ4n) is 4.37. The van der Waals surface area contributed by atoms with Gasteiger partial charge in [-0.05, 0) is 24.3 Å². The Bertz CT molecular complexity index is 1110. The number of benzene rings is 2. The Kier molecular flexibility index (Phi) is 3.62. The van der Waals surface area contributed by atoms with E-state index < -0.39 is 11.4 Å². The normalized spacial score (nSPS) is 23.0. The smallest absolute Gasteiger partial charge is 0.315 e. The number of carbonyl (C=O) groups excluding carboxylic acids is 1. The zero-order chi connectivity index (χ0) is 19.3. The highest BCUT2D eigenvalue weighted by Crippen LogP contribution is 2.49. The number of amides is 1. The van der Waals surface area contributed by atoms with Crippen LogP contribution in [0.25, 0.3) is 10.9 Å². The van der Waals surface area contributed by atoms with Crippen molar-refractivity contribution in [1.29, 1.82) is 0 Å². The van der Waals surface area contributed by atoms with Gasteiger partial charge in [0.25, 0.3) is 5.91 Å². The van der Waals surface area contributed by atoms with Crippen LogP contribution in [-0.4, -0.2) is 46.6 Å². The first-order valence-corrected chi connectivity index (χ1v) is 9.18. The summed E-state index contributed by atoms with van der Waals surface area (Å²) in [6.07, 6.45) is 1.69. The van der Waals surface area contributed by atoms with Crippen LogP contribution >= 0.6 is 0 Å². The minimum Gasteiger partial charge on any atom is -0.492 e. The lowest BCUT2D eigenvalue weighted by Crippen LogP contribution is -2.46. The molecule has 1 saturated heterocycles. The summed E-state index contributed by atoms with van der Waals surface area (Å²) in [6.45, 7) is 0.541. The Morgan fingerprint density at radius 1 is 1.14 bits per heavy atom. The molecule has 2 atom stereocenters. The number of ether oxygens (including phenoxy) is 1. The van der Waals surface area contributed by atoms with E-state index >= 15 is 0 Å². The molecule has 1 fully saturated rings. The number of nitrogens with zero attached hydrogens (tertiary/aromatic N) is 2. The molecule has 3 aromatic rings. The van der Waals surface area contributed by atoms with Gasteiger partial charge >= 0.3 is 5.97 Å². The molecule has 0 radical (unpaired) electrons. The molecule has 1 amide bonds. The van der Waals surface area contributed by atoms with Crippen LogP contribution in [0.3, 0.4) is 0 Å². The number of para-hydroxylation sites is 1.